The smallest absolute Gasteiger partial charge is 0.338 e. The molecule has 0 spiro atoms. The molecular weight excluding hydrogens is 592 g/mol. The third-order valence-electron chi connectivity index (χ3n) is 7.25. The molecule has 0 radical (unpaired) electrons. The predicted molar refractivity (Wildman–Crippen MR) is 170 cm³/mol. The summed E-state index contributed by atoms with van der Waals surface area (Å²) in [5.74, 6) is 0.518. The second-order valence-electron chi connectivity index (χ2n) is 9.98. The fraction of sp³-hybridized carbons (Fsp3) is 0.143. The van der Waals surface area contributed by atoms with Gasteiger partial charge in [-0.1, -0.05) is 65.9 Å². The second-order valence-corrected chi connectivity index (χ2v) is 11.0. The molecule has 2 aromatic heterocycles. The number of carbonyl (C=O) groups is 2. The van der Waals surface area contributed by atoms with Crippen molar-refractivity contribution in [2.75, 3.05) is 20.8 Å². The van der Waals surface area contributed by atoms with Crippen molar-refractivity contribution >= 4 is 35.0 Å². The number of thiazole rings is 1. The summed E-state index contributed by atoms with van der Waals surface area (Å²) in [6, 6.07) is 26.2. The maximum Gasteiger partial charge on any atom is 0.338 e. The first kappa shape index (κ1) is 29.6. The van der Waals surface area contributed by atoms with Gasteiger partial charge < -0.3 is 18.6 Å². The molecule has 0 aliphatic carbocycles. The van der Waals surface area contributed by atoms with Crippen molar-refractivity contribution in [3.05, 3.63) is 139 Å². The summed E-state index contributed by atoms with van der Waals surface area (Å²) in [5.41, 5.74) is 2.80. The van der Waals surface area contributed by atoms with Crippen molar-refractivity contribution in [3.63, 3.8) is 0 Å². The average Bonchev–Trinajstić information content (AvgIpc) is 3.68. The van der Waals surface area contributed by atoms with E-state index in [9.17, 15) is 14.4 Å². The zero-order chi connectivity index (χ0) is 31.5. The topological polar surface area (TPSA) is 109 Å². The largest absolute Gasteiger partial charge is 0.497 e. The van der Waals surface area contributed by atoms with Crippen molar-refractivity contribution in [1.82, 2.24) is 4.57 Å². The monoisotopic (exact) mass is 620 g/mol. The van der Waals surface area contributed by atoms with Crippen molar-refractivity contribution in [2.45, 2.75) is 13.0 Å². The lowest BCUT2D eigenvalue weighted by Crippen LogP contribution is -2.40. The Bertz CT molecular complexity index is 2120. The maximum atomic E-state index is 14.1. The molecule has 0 unspecified atom stereocenters. The van der Waals surface area contributed by atoms with Crippen LogP contribution in [0.15, 0.2) is 111 Å². The van der Waals surface area contributed by atoms with Crippen LogP contribution >= 0.6 is 11.3 Å². The molecule has 9 nitrogen and oxygen atoms in total. The molecule has 1 aliphatic heterocycles. The number of methoxy groups -OCH3 is 2. The fourth-order valence-corrected chi connectivity index (χ4v) is 6.18. The molecule has 6 rings (SSSR count). The minimum atomic E-state index is -0.832. The third-order valence-corrected chi connectivity index (χ3v) is 8.23. The summed E-state index contributed by atoms with van der Waals surface area (Å²) in [4.78, 5) is 45.1. The van der Waals surface area contributed by atoms with Crippen LogP contribution in [-0.2, 0) is 14.3 Å². The maximum absolute atomic E-state index is 14.1. The van der Waals surface area contributed by atoms with Gasteiger partial charge in [0.1, 0.15) is 17.3 Å². The number of hydrogen-bond acceptors (Lipinski definition) is 9. The second kappa shape index (κ2) is 12.6. The van der Waals surface area contributed by atoms with E-state index >= 15 is 0 Å². The van der Waals surface area contributed by atoms with Crippen molar-refractivity contribution in [1.29, 1.82) is 0 Å². The molecule has 0 N–H and O–H groups in total. The van der Waals surface area contributed by atoms with Crippen LogP contribution in [0, 0.1) is 0 Å². The zero-order valence-electron chi connectivity index (χ0n) is 24.7. The van der Waals surface area contributed by atoms with E-state index in [1.807, 2.05) is 48.5 Å². The van der Waals surface area contributed by atoms with Gasteiger partial charge in [-0.15, -0.1) is 0 Å². The van der Waals surface area contributed by atoms with Gasteiger partial charge in [-0.3, -0.25) is 9.36 Å². The molecule has 10 heteroatoms. The van der Waals surface area contributed by atoms with Crippen LogP contribution in [-0.4, -0.2) is 37.3 Å². The fourth-order valence-electron chi connectivity index (χ4n) is 5.20. The van der Waals surface area contributed by atoms with E-state index in [2.05, 4.69) is 0 Å². The van der Waals surface area contributed by atoms with Crippen molar-refractivity contribution in [3.8, 4) is 17.1 Å². The van der Waals surface area contributed by atoms with Crippen LogP contribution < -0.4 is 19.6 Å². The summed E-state index contributed by atoms with van der Waals surface area (Å²) < 4.78 is 23.8. The molecular formula is C35H28N2O7S. The minimum absolute atomic E-state index is 0.156. The predicted octanol–water partition coefficient (Wildman–Crippen LogP) is 4.99. The minimum Gasteiger partial charge on any atom is -0.497 e. The van der Waals surface area contributed by atoms with Gasteiger partial charge >= 0.3 is 11.9 Å². The van der Waals surface area contributed by atoms with E-state index in [1.54, 1.807) is 62.6 Å². The number of fused-ring (bicyclic) bond motifs is 1. The SMILES string of the molecule is CCOC(=O)C1=C(c2ccccc2)N=c2s/c(=C\c3ccc(-c4cccc(C(=O)OC)c4)o3)c(=O)n2[C@@H]1c1cccc(OC)c1. The number of benzene rings is 3. The lowest BCUT2D eigenvalue weighted by molar-refractivity contribution is -0.138. The summed E-state index contributed by atoms with van der Waals surface area (Å²) >= 11 is 1.19. The van der Waals surface area contributed by atoms with Crippen molar-refractivity contribution < 1.29 is 28.2 Å². The molecule has 0 fully saturated rings. The molecule has 0 saturated heterocycles. The molecule has 0 bridgehead atoms. The van der Waals surface area contributed by atoms with Crippen LogP contribution in [0.2, 0.25) is 0 Å². The van der Waals surface area contributed by atoms with Crippen LogP contribution in [0.4, 0.5) is 0 Å². The van der Waals surface area contributed by atoms with E-state index in [1.165, 1.54) is 23.0 Å². The molecule has 0 amide bonds. The Balaban J connectivity index is 1.53. The molecule has 1 atom stereocenters. The van der Waals surface area contributed by atoms with Gasteiger partial charge in [0.2, 0.25) is 0 Å². The first-order valence-corrected chi connectivity index (χ1v) is 14.9. The van der Waals surface area contributed by atoms with E-state index in [0.717, 1.165) is 5.56 Å². The first-order chi connectivity index (χ1) is 21.9. The van der Waals surface area contributed by atoms with Crippen LogP contribution in [0.5, 0.6) is 5.75 Å². The Morgan fingerprint density at radius 1 is 0.933 bits per heavy atom. The lowest BCUT2D eigenvalue weighted by Gasteiger charge is -2.26. The van der Waals surface area contributed by atoms with Gasteiger partial charge in [0.05, 0.1) is 48.2 Å². The summed E-state index contributed by atoms with van der Waals surface area (Å²) in [5, 5.41) is 0. The Hall–Kier alpha value is -5.48. The number of esters is 2. The molecule has 3 heterocycles. The molecule has 3 aromatic carbocycles. The van der Waals surface area contributed by atoms with Gasteiger partial charge in [-0.05, 0) is 48.9 Å². The van der Waals surface area contributed by atoms with Gasteiger partial charge in [0.25, 0.3) is 5.56 Å². The number of hydrogen-bond donors (Lipinski definition) is 0. The zero-order valence-corrected chi connectivity index (χ0v) is 25.5. The molecule has 1 aliphatic rings. The van der Waals surface area contributed by atoms with Gasteiger partial charge in [-0.25, -0.2) is 14.6 Å². The highest BCUT2D eigenvalue weighted by molar-refractivity contribution is 7.07. The normalized spacial score (nSPS) is 14.5. The van der Waals surface area contributed by atoms with Gasteiger partial charge in [0, 0.05) is 17.2 Å². The van der Waals surface area contributed by atoms with Crippen LogP contribution in [0.1, 0.15) is 40.2 Å². The number of rotatable bonds is 8. The van der Waals surface area contributed by atoms with Crippen LogP contribution in [0.3, 0.4) is 0 Å². The Labute approximate surface area is 262 Å². The summed E-state index contributed by atoms with van der Waals surface area (Å²) in [6.07, 6.45) is 1.65. The number of furan rings is 1. The van der Waals surface area contributed by atoms with E-state index in [4.69, 9.17) is 23.6 Å². The van der Waals surface area contributed by atoms with E-state index < -0.39 is 18.0 Å². The molecule has 226 valence electrons. The van der Waals surface area contributed by atoms with Crippen molar-refractivity contribution in [2.24, 2.45) is 4.99 Å². The van der Waals surface area contributed by atoms with Gasteiger partial charge in [-0.2, -0.15) is 0 Å². The molecule has 5 aromatic rings. The Kier molecular flexibility index (Phi) is 8.30. The number of carbonyl (C=O) groups excluding carboxylic acids is 2. The standard InChI is InChI=1S/C35H28N2O7S/c1-4-43-34(40)29-30(21-10-6-5-7-11-21)36-35-37(31(29)23-13-9-15-25(19-23)41-2)32(38)28(45-35)20-26-16-17-27(44-26)22-12-8-14-24(18-22)33(39)42-3/h5-20,31H,4H2,1-3H3/b28-20-/t31-/m1/s1. The first-order valence-electron chi connectivity index (χ1n) is 14.1. The Morgan fingerprint density at radius 3 is 2.47 bits per heavy atom. The molecule has 45 heavy (non-hydrogen) atoms. The Morgan fingerprint density at radius 2 is 1.71 bits per heavy atom. The lowest BCUT2D eigenvalue weighted by atomic mass is 9.93. The quantitative estimate of drug-likeness (QED) is 0.225. The number of aromatic nitrogens is 1. The average molecular weight is 621 g/mol. The highest BCUT2D eigenvalue weighted by Crippen LogP contribution is 2.36. The summed E-state index contributed by atoms with van der Waals surface area (Å²) in [7, 11) is 2.89. The van der Waals surface area contributed by atoms with Crippen LogP contribution in [0.25, 0.3) is 23.1 Å². The number of nitrogens with zero attached hydrogens (tertiary/aromatic N) is 2. The number of ether oxygens (including phenoxy) is 3. The third kappa shape index (κ3) is 5.75. The highest BCUT2D eigenvalue weighted by Gasteiger charge is 2.35. The highest BCUT2D eigenvalue weighted by atomic mass is 32.1. The molecule has 0 saturated carbocycles. The van der Waals surface area contributed by atoms with E-state index in [-0.39, 0.29) is 17.7 Å². The van der Waals surface area contributed by atoms with Gasteiger partial charge in [0.15, 0.2) is 4.80 Å². The van der Waals surface area contributed by atoms with E-state index in [0.29, 0.717) is 49.0 Å². The summed E-state index contributed by atoms with van der Waals surface area (Å²) in [6.45, 7) is 1.89.